The van der Waals surface area contributed by atoms with E-state index in [2.05, 4.69) is 42.5 Å². The fourth-order valence-corrected chi connectivity index (χ4v) is 3.47. The molecule has 0 spiro atoms. The van der Waals surface area contributed by atoms with Gasteiger partial charge < -0.3 is 10.6 Å². The van der Waals surface area contributed by atoms with Crippen LogP contribution in [0.2, 0.25) is 0 Å². The Labute approximate surface area is 114 Å². The van der Waals surface area contributed by atoms with Crippen molar-refractivity contribution in [2.24, 2.45) is 0 Å². The van der Waals surface area contributed by atoms with Crippen molar-refractivity contribution < 1.29 is 0 Å². The molecule has 0 atom stereocenters. The van der Waals surface area contributed by atoms with Crippen LogP contribution in [0.5, 0.6) is 0 Å². The van der Waals surface area contributed by atoms with Gasteiger partial charge in [0.25, 0.3) is 0 Å². The maximum absolute atomic E-state index is 6.20. The van der Waals surface area contributed by atoms with E-state index in [1.165, 1.54) is 6.42 Å². The number of rotatable bonds is 2. The standard InChI is InChI=1S/C13H24N4S/c1-5-17-12(11(14)10(2)15-17)16-7-6-13(3,4)18-9-8-16/h5-9,14H2,1-4H3. The normalized spacial score (nSPS) is 19.9. The molecule has 1 aromatic rings. The van der Waals surface area contributed by atoms with E-state index in [1.54, 1.807) is 0 Å². The summed E-state index contributed by atoms with van der Waals surface area (Å²) in [6, 6.07) is 0. The minimum atomic E-state index is 0.371. The van der Waals surface area contributed by atoms with Crippen LogP contribution in [0.15, 0.2) is 0 Å². The second-order valence-corrected chi connectivity index (χ2v) is 7.29. The van der Waals surface area contributed by atoms with Crippen molar-refractivity contribution in [1.82, 2.24) is 9.78 Å². The zero-order valence-corrected chi connectivity index (χ0v) is 12.7. The van der Waals surface area contributed by atoms with E-state index < -0.39 is 0 Å². The summed E-state index contributed by atoms with van der Waals surface area (Å²) in [5.41, 5.74) is 7.99. The molecule has 102 valence electrons. The number of aryl methyl sites for hydroxylation is 2. The van der Waals surface area contributed by atoms with E-state index in [0.29, 0.717) is 4.75 Å². The van der Waals surface area contributed by atoms with Crippen LogP contribution >= 0.6 is 11.8 Å². The molecular formula is C13H24N4S. The minimum absolute atomic E-state index is 0.371. The molecule has 5 heteroatoms. The van der Waals surface area contributed by atoms with Gasteiger partial charge in [-0.1, -0.05) is 13.8 Å². The van der Waals surface area contributed by atoms with Gasteiger partial charge in [-0.15, -0.1) is 0 Å². The fourth-order valence-electron chi connectivity index (χ4n) is 2.37. The summed E-state index contributed by atoms with van der Waals surface area (Å²) < 4.78 is 2.41. The van der Waals surface area contributed by atoms with Crippen molar-refractivity contribution in [2.45, 2.75) is 45.4 Å². The Morgan fingerprint density at radius 1 is 1.39 bits per heavy atom. The number of anilines is 2. The minimum Gasteiger partial charge on any atom is -0.394 e. The van der Waals surface area contributed by atoms with Gasteiger partial charge in [0.1, 0.15) is 0 Å². The molecule has 0 bridgehead atoms. The summed E-state index contributed by atoms with van der Waals surface area (Å²) in [7, 11) is 0. The van der Waals surface area contributed by atoms with Crippen LogP contribution in [0.3, 0.4) is 0 Å². The first-order valence-corrected chi connectivity index (χ1v) is 7.65. The summed E-state index contributed by atoms with van der Waals surface area (Å²) in [6.45, 7) is 11.8. The Hall–Kier alpha value is -0.840. The lowest BCUT2D eigenvalue weighted by Gasteiger charge is -2.25. The van der Waals surface area contributed by atoms with Gasteiger partial charge in [-0.2, -0.15) is 16.9 Å². The highest BCUT2D eigenvalue weighted by Crippen LogP contribution is 2.34. The molecule has 0 aromatic carbocycles. The summed E-state index contributed by atoms with van der Waals surface area (Å²) in [5, 5.41) is 4.51. The van der Waals surface area contributed by atoms with Gasteiger partial charge in [0, 0.05) is 30.1 Å². The number of thioether (sulfide) groups is 1. The number of aromatic nitrogens is 2. The van der Waals surface area contributed by atoms with Crippen LogP contribution in [0.25, 0.3) is 0 Å². The molecule has 2 rings (SSSR count). The van der Waals surface area contributed by atoms with E-state index in [4.69, 9.17) is 5.73 Å². The molecule has 1 saturated heterocycles. The third-order valence-corrected chi connectivity index (χ3v) is 4.96. The molecule has 1 fully saturated rings. The van der Waals surface area contributed by atoms with Gasteiger partial charge in [-0.05, 0) is 20.3 Å². The highest BCUT2D eigenvalue weighted by atomic mass is 32.2. The lowest BCUT2D eigenvalue weighted by Crippen LogP contribution is -2.29. The Morgan fingerprint density at radius 2 is 2.11 bits per heavy atom. The summed E-state index contributed by atoms with van der Waals surface area (Å²) in [5.74, 6) is 2.27. The molecule has 0 unspecified atom stereocenters. The Kier molecular flexibility index (Phi) is 3.80. The van der Waals surface area contributed by atoms with Crippen molar-refractivity contribution in [3.63, 3.8) is 0 Å². The summed E-state index contributed by atoms with van der Waals surface area (Å²) in [6.07, 6.45) is 1.19. The predicted octanol–water partition coefficient (Wildman–Crippen LogP) is 2.52. The molecule has 4 nitrogen and oxygen atoms in total. The summed E-state index contributed by atoms with van der Waals surface area (Å²) in [4.78, 5) is 2.40. The van der Waals surface area contributed by atoms with Gasteiger partial charge in [-0.3, -0.25) is 0 Å². The van der Waals surface area contributed by atoms with Gasteiger partial charge in [0.2, 0.25) is 0 Å². The number of nitrogens with zero attached hydrogens (tertiary/aromatic N) is 3. The monoisotopic (exact) mass is 268 g/mol. The SMILES string of the molecule is CCn1nc(C)c(N)c1N1CCSC(C)(C)CC1. The van der Waals surface area contributed by atoms with Crippen molar-refractivity contribution >= 4 is 23.3 Å². The van der Waals surface area contributed by atoms with E-state index in [0.717, 1.165) is 42.6 Å². The zero-order valence-electron chi connectivity index (χ0n) is 11.9. The molecule has 2 N–H and O–H groups in total. The van der Waals surface area contributed by atoms with Crippen LogP contribution in [-0.2, 0) is 6.54 Å². The molecule has 2 heterocycles. The van der Waals surface area contributed by atoms with Crippen molar-refractivity contribution in [1.29, 1.82) is 0 Å². The maximum Gasteiger partial charge on any atom is 0.150 e. The van der Waals surface area contributed by atoms with Crippen LogP contribution in [0.1, 0.15) is 32.9 Å². The van der Waals surface area contributed by atoms with Crippen molar-refractivity contribution in [3.8, 4) is 0 Å². The zero-order chi connectivity index (χ0) is 13.3. The van der Waals surface area contributed by atoms with Gasteiger partial charge in [0.05, 0.1) is 11.4 Å². The fraction of sp³-hybridized carbons (Fsp3) is 0.769. The van der Waals surface area contributed by atoms with E-state index in [9.17, 15) is 0 Å². The third kappa shape index (κ3) is 2.60. The van der Waals surface area contributed by atoms with Crippen molar-refractivity contribution in [2.75, 3.05) is 29.5 Å². The largest absolute Gasteiger partial charge is 0.394 e. The highest BCUT2D eigenvalue weighted by molar-refractivity contribution is 8.00. The van der Waals surface area contributed by atoms with Gasteiger partial charge in [0.15, 0.2) is 5.82 Å². The molecule has 1 aliphatic rings. The molecule has 18 heavy (non-hydrogen) atoms. The average Bonchev–Trinajstić information content (AvgIpc) is 2.48. The van der Waals surface area contributed by atoms with E-state index >= 15 is 0 Å². The molecule has 1 aliphatic heterocycles. The number of nitrogen functional groups attached to an aromatic ring is 1. The molecule has 0 radical (unpaired) electrons. The quantitative estimate of drug-likeness (QED) is 0.895. The topological polar surface area (TPSA) is 47.1 Å². The number of hydrogen-bond donors (Lipinski definition) is 1. The van der Waals surface area contributed by atoms with Crippen LogP contribution in [0.4, 0.5) is 11.5 Å². The molecular weight excluding hydrogens is 244 g/mol. The Morgan fingerprint density at radius 3 is 2.78 bits per heavy atom. The van der Waals surface area contributed by atoms with Crippen LogP contribution in [-0.4, -0.2) is 33.4 Å². The van der Waals surface area contributed by atoms with Gasteiger partial charge in [-0.25, -0.2) is 4.68 Å². The highest BCUT2D eigenvalue weighted by Gasteiger charge is 2.26. The molecule has 0 saturated carbocycles. The Bertz CT molecular complexity index is 425. The van der Waals surface area contributed by atoms with Crippen LogP contribution < -0.4 is 10.6 Å². The van der Waals surface area contributed by atoms with E-state index in [1.807, 2.05) is 11.6 Å². The third-order valence-electron chi connectivity index (χ3n) is 3.58. The lowest BCUT2D eigenvalue weighted by atomic mass is 10.1. The number of nitrogens with two attached hydrogens (primary N) is 1. The maximum atomic E-state index is 6.20. The van der Waals surface area contributed by atoms with E-state index in [-0.39, 0.29) is 0 Å². The second-order valence-electron chi connectivity index (χ2n) is 5.48. The lowest BCUT2D eigenvalue weighted by molar-refractivity contribution is 0.603. The summed E-state index contributed by atoms with van der Waals surface area (Å²) >= 11 is 2.05. The molecule has 0 amide bonds. The average molecular weight is 268 g/mol. The first-order valence-electron chi connectivity index (χ1n) is 6.66. The van der Waals surface area contributed by atoms with Gasteiger partial charge >= 0.3 is 0 Å². The Balaban J connectivity index is 2.26. The predicted molar refractivity (Wildman–Crippen MR) is 80.4 cm³/mol. The number of hydrogen-bond acceptors (Lipinski definition) is 4. The van der Waals surface area contributed by atoms with Crippen molar-refractivity contribution in [3.05, 3.63) is 5.69 Å². The molecule has 1 aromatic heterocycles. The second kappa shape index (κ2) is 5.03. The molecule has 0 aliphatic carbocycles. The first-order chi connectivity index (χ1) is 8.44. The first kappa shape index (κ1) is 13.6. The smallest absolute Gasteiger partial charge is 0.150 e. The van der Waals surface area contributed by atoms with Crippen LogP contribution in [0, 0.1) is 6.92 Å².